The van der Waals surface area contributed by atoms with Gasteiger partial charge in [0.1, 0.15) is 0 Å². The lowest BCUT2D eigenvalue weighted by Crippen LogP contribution is -2.56. The van der Waals surface area contributed by atoms with Crippen molar-refractivity contribution in [2.75, 3.05) is 32.9 Å². The van der Waals surface area contributed by atoms with Crippen LogP contribution < -0.4 is 5.32 Å². The zero-order chi connectivity index (χ0) is 20.0. The molecule has 2 N–H and O–H groups in total. The highest BCUT2D eigenvalue weighted by Crippen LogP contribution is 2.45. The van der Waals surface area contributed by atoms with Gasteiger partial charge in [0, 0.05) is 65.9 Å². The third-order valence-corrected chi connectivity index (χ3v) is 7.47. The van der Waals surface area contributed by atoms with Crippen molar-refractivity contribution in [1.29, 1.82) is 0 Å². The number of fused-ring (bicyclic) bond motifs is 2. The Kier molecular flexibility index (Phi) is 5.22. The smallest absolute Gasteiger partial charge is 0.317 e. The second kappa shape index (κ2) is 7.52. The van der Waals surface area contributed by atoms with E-state index in [-0.39, 0.29) is 18.0 Å². The summed E-state index contributed by atoms with van der Waals surface area (Å²) in [5, 5.41) is 4.49. The number of nitrogens with one attached hydrogen (secondary N) is 2. The van der Waals surface area contributed by atoms with Crippen molar-refractivity contribution in [3.8, 4) is 0 Å². The van der Waals surface area contributed by atoms with Gasteiger partial charge in [-0.3, -0.25) is 4.21 Å². The molecule has 1 aromatic carbocycles. The summed E-state index contributed by atoms with van der Waals surface area (Å²) < 4.78 is 12.5. The fourth-order valence-electron chi connectivity index (χ4n) is 5.13. The fourth-order valence-corrected chi connectivity index (χ4v) is 5.95. The van der Waals surface area contributed by atoms with Crippen LogP contribution in [0.25, 0.3) is 10.9 Å². The summed E-state index contributed by atoms with van der Waals surface area (Å²) in [5.41, 5.74) is 3.66. The number of rotatable bonds is 4. The van der Waals surface area contributed by atoms with E-state index >= 15 is 0 Å². The van der Waals surface area contributed by atoms with Crippen LogP contribution in [0, 0.1) is 0 Å². The number of carbonyl (C=O) groups is 1. The number of piperidine rings is 1. The maximum absolute atomic E-state index is 12.6. The number of likely N-dealkylation sites (N-methyl/N-ethyl adjacent to an activating group) is 1. The predicted octanol–water partition coefficient (Wildman–Crippen LogP) is 2.67. The first-order valence-electron chi connectivity index (χ1n) is 10.2. The number of hydrogen-bond donors (Lipinski definition) is 2. The number of likely N-dealkylation sites (tertiary alicyclic amines) is 1. The van der Waals surface area contributed by atoms with E-state index in [1.165, 1.54) is 16.5 Å². The highest BCUT2D eigenvalue weighted by atomic mass is 32.2. The topological polar surface area (TPSA) is 68.4 Å². The quantitative estimate of drug-likeness (QED) is 0.826. The number of aromatic amines is 1. The van der Waals surface area contributed by atoms with Gasteiger partial charge in [0.25, 0.3) is 0 Å². The first-order valence-corrected chi connectivity index (χ1v) is 11.7. The van der Waals surface area contributed by atoms with Gasteiger partial charge in [-0.15, -0.1) is 0 Å². The molecule has 1 unspecified atom stereocenters. The molecule has 2 aromatic rings. The average Bonchev–Trinajstić information content (AvgIpc) is 3.07. The molecule has 152 valence electrons. The Labute approximate surface area is 169 Å². The molecule has 1 saturated heterocycles. The van der Waals surface area contributed by atoms with Crippen LogP contribution in [0.4, 0.5) is 4.79 Å². The number of carbonyl (C=O) groups excluding carboxylic acids is 1. The van der Waals surface area contributed by atoms with Crippen molar-refractivity contribution in [3.63, 3.8) is 0 Å². The van der Waals surface area contributed by atoms with Gasteiger partial charge in [-0.05, 0) is 57.0 Å². The first kappa shape index (κ1) is 19.5. The maximum atomic E-state index is 12.6. The zero-order valence-electron chi connectivity index (χ0n) is 17.1. The van der Waals surface area contributed by atoms with Crippen molar-refractivity contribution in [2.24, 2.45) is 0 Å². The molecular weight excluding hydrogens is 372 g/mol. The Morgan fingerprint density at radius 3 is 2.79 bits per heavy atom. The Morgan fingerprint density at radius 1 is 1.36 bits per heavy atom. The van der Waals surface area contributed by atoms with Gasteiger partial charge in [0.2, 0.25) is 0 Å². The van der Waals surface area contributed by atoms with Crippen LogP contribution in [-0.2, 0) is 17.2 Å². The lowest BCUT2D eigenvalue weighted by Gasteiger charge is -2.46. The highest BCUT2D eigenvalue weighted by Gasteiger charge is 2.41. The van der Waals surface area contributed by atoms with Gasteiger partial charge in [0.05, 0.1) is 10.8 Å². The first-order chi connectivity index (χ1) is 13.4. The van der Waals surface area contributed by atoms with E-state index in [1.807, 2.05) is 30.9 Å². The molecule has 0 bridgehead atoms. The summed E-state index contributed by atoms with van der Waals surface area (Å²) in [4.78, 5) is 21.1. The second-order valence-corrected chi connectivity index (χ2v) is 9.39. The van der Waals surface area contributed by atoms with Gasteiger partial charge in [0.15, 0.2) is 0 Å². The van der Waals surface area contributed by atoms with Crippen molar-refractivity contribution in [3.05, 3.63) is 29.5 Å². The van der Waals surface area contributed by atoms with Crippen LogP contribution in [0.15, 0.2) is 23.2 Å². The molecule has 0 radical (unpaired) electrons. The molecule has 1 aliphatic heterocycles. The molecular formula is C21H30N4O2S. The van der Waals surface area contributed by atoms with E-state index in [4.69, 9.17) is 0 Å². The standard InChI is InChI=1S/C21H30N4O2S/c1-5-25(6-2)21(26)23-14-10-15-17(24(3)12-14)9-13-11-22-16-7-8-18(28(4)27)20(15)19(13)16/h7-8,11,14-15,17,22H,5-6,9-10,12H2,1-4H3,(H,23,26)/t14-,15-,17+,28?/m0/s1. The van der Waals surface area contributed by atoms with Crippen LogP contribution in [0.2, 0.25) is 0 Å². The number of amides is 2. The molecule has 1 fully saturated rings. The van der Waals surface area contributed by atoms with Crippen molar-refractivity contribution < 1.29 is 9.00 Å². The van der Waals surface area contributed by atoms with Crippen LogP contribution in [0.3, 0.4) is 0 Å². The Balaban J connectivity index is 1.70. The summed E-state index contributed by atoms with van der Waals surface area (Å²) in [5.74, 6) is 0.270. The fraction of sp³-hybridized carbons (Fsp3) is 0.571. The molecule has 2 aliphatic rings. The molecule has 7 heteroatoms. The second-order valence-electron chi connectivity index (χ2n) is 8.04. The monoisotopic (exact) mass is 402 g/mol. The van der Waals surface area contributed by atoms with Crippen molar-refractivity contribution in [2.45, 2.75) is 49.6 Å². The third kappa shape index (κ3) is 3.14. The molecule has 1 aliphatic carbocycles. The minimum Gasteiger partial charge on any atom is -0.361 e. The molecule has 0 spiro atoms. The van der Waals surface area contributed by atoms with Crippen LogP contribution in [0.1, 0.15) is 37.3 Å². The summed E-state index contributed by atoms with van der Waals surface area (Å²) in [6.07, 6.45) is 5.75. The molecule has 0 saturated carbocycles. The number of H-pyrrole nitrogens is 1. The molecule has 2 amide bonds. The van der Waals surface area contributed by atoms with Gasteiger partial charge < -0.3 is 20.1 Å². The number of aromatic nitrogens is 1. The van der Waals surface area contributed by atoms with Gasteiger partial charge in [-0.1, -0.05) is 0 Å². The van der Waals surface area contributed by atoms with Gasteiger partial charge >= 0.3 is 6.03 Å². The lowest BCUT2D eigenvalue weighted by molar-refractivity contribution is 0.123. The van der Waals surface area contributed by atoms with Crippen LogP contribution in [0.5, 0.6) is 0 Å². The van der Waals surface area contributed by atoms with E-state index in [0.717, 1.165) is 29.8 Å². The Morgan fingerprint density at radius 2 is 2.11 bits per heavy atom. The molecule has 4 rings (SSSR count). The van der Waals surface area contributed by atoms with E-state index in [1.54, 1.807) is 6.26 Å². The van der Waals surface area contributed by atoms with Gasteiger partial charge in [-0.2, -0.15) is 0 Å². The largest absolute Gasteiger partial charge is 0.361 e. The zero-order valence-corrected chi connectivity index (χ0v) is 17.9. The van der Waals surface area contributed by atoms with E-state index in [0.29, 0.717) is 19.1 Å². The average molecular weight is 403 g/mol. The predicted molar refractivity (Wildman–Crippen MR) is 113 cm³/mol. The van der Waals surface area contributed by atoms with Gasteiger partial charge in [-0.25, -0.2) is 4.79 Å². The van der Waals surface area contributed by atoms with E-state index in [9.17, 15) is 9.00 Å². The maximum Gasteiger partial charge on any atom is 0.317 e. The minimum absolute atomic E-state index is 0.0116. The summed E-state index contributed by atoms with van der Waals surface area (Å²) >= 11 is 0. The SMILES string of the molecule is CCN(CC)C(=O)N[C@H]1C[C@@H]2c3c(S(C)=O)ccc4[nH]cc(c34)C[C@H]2N(C)C1. The summed E-state index contributed by atoms with van der Waals surface area (Å²) in [6, 6.07) is 4.53. The Bertz CT molecular complexity index is 921. The Hall–Kier alpha value is -1.86. The molecule has 6 nitrogen and oxygen atoms in total. The lowest BCUT2D eigenvalue weighted by atomic mass is 9.74. The van der Waals surface area contributed by atoms with Crippen molar-refractivity contribution in [1.82, 2.24) is 20.1 Å². The molecule has 1 aromatic heterocycles. The molecule has 28 heavy (non-hydrogen) atoms. The number of nitrogens with zero attached hydrogens (tertiary/aromatic N) is 2. The van der Waals surface area contributed by atoms with Crippen molar-refractivity contribution >= 4 is 27.7 Å². The third-order valence-electron chi connectivity index (χ3n) is 6.49. The number of benzene rings is 1. The minimum atomic E-state index is -1.04. The normalized spacial score (nSPS) is 25.4. The van der Waals surface area contributed by atoms with Crippen LogP contribution >= 0.6 is 0 Å². The van der Waals surface area contributed by atoms with E-state index in [2.05, 4.69) is 28.4 Å². The van der Waals surface area contributed by atoms with E-state index < -0.39 is 10.8 Å². The number of hydrogen-bond acceptors (Lipinski definition) is 3. The summed E-state index contributed by atoms with van der Waals surface area (Å²) in [7, 11) is 1.11. The highest BCUT2D eigenvalue weighted by molar-refractivity contribution is 7.84. The molecule has 4 atom stereocenters. The summed E-state index contributed by atoms with van der Waals surface area (Å²) in [6.45, 7) is 6.27. The number of urea groups is 1. The molecule has 2 heterocycles. The van der Waals surface area contributed by atoms with Crippen LogP contribution in [-0.4, -0.2) is 70.0 Å².